The Morgan fingerprint density at radius 1 is 1.19 bits per heavy atom. The zero-order valence-corrected chi connectivity index (χ0v) is 15.6. The van der Waals surface area contributed by atoms with Crippen LogP contribution < -0.4 is 4.90 Å². The highest BCUT2D eigenvalue weighted by Gasteiger charge is 2.25. The lowest BCUT2D eigenvalue weighted by Gasteiger charge is -2.32. The Labute approximate surface area is 159 Å². The van der Waals surface area contributed by atoms with Gasteiger partial charge in [-0.25, -0.2) is 4.98 Å². The number of aliphatic hydroxyl groups excluding tert-OH is 1. The van der Waals surface area contributed by atoms with Crippen LogP contribution in [0.25, 0.3) is 0 Å². The smallest absolute Gasteiger partial charge is 0.255 e. The molecule has 2 fully saturated rings. The molecule has 0 unspecified atom stereocenters. The SMILES string of the molecule is O=C(c1ccc(N2CC[C@@H](O)C2)nc1)N1CCC(CCn2cccn2)CC1. The van der Waals surface area contributed by atoms with Gasteiger partial charge >= 0.3 is 0 Å². The Kier molecular flexibility index (Phi) is 5.38. The number of nitrogens with zero attached hydrogens (tertiary/aromatic N) is 5. The molecule has 2 aromatic heterocycles. The van der Waals surface area contributed by atoms with Crippen LogP contribution in [-0.2, 0) is 6.54 Å². The lowest BCUT2D eigenvalue weighted by atomic mass is 9.93. The van der Waals surface area contributed by atoms with Crippen LogP contribution in [0.15, 0.2) is 36.8 Å². The van der Waals surface area contributed by atoms with Crippen molar-refractivity contribution in [3.8, 4) is 0 Å². The number of anilines is 1. The standard InChI is InChI=1S/C20H27N5O2/c26-18-7-12-24(15-18)19-3-2-17(14-21-19)20(27)23-10-4-16(5-11-23)6-13-25-9-1-8-22-25/h1-3,8-9,14,16,18,26H,4-7,10-13,15H2/t18-/m1/s1. The number of β-amino-alcohol motifs (C(OH)–C–C–N with tert-alkyl or cyclic N) is 1. The molecular formula is C20H27N5O2. The minimum Gasteiger partial charge on any atom is -0.391 e. The van der Waals surface area contributed by atoms with Crippen LogP contribution in [0.1, 0.15) is 36.0 Å². The first-order valence-electron chi connectivity index (χ1n) is 9.85. The van der Waals surface area contributed by atoms with Gasteiger partial charge in [0.25, 0.3) is 5.91 Å². The van der Waals surface area contributed by atoms with Crippen LogP contribution in [0, 0.1) is 5.92 Å². The summed E-state index contributed by atoms with van der Waals surface area (Å²) in [5.74, 6) is 1.56. The van der Waals surface area contributed by atoms with Crippen molar-refractivity contribution in [2.24, 2.45) is 5.92 Å². The Hall–Kier alpha value is -2.41. The van der Waals surface area contributed by atoms with E-state index in [1.165, 1.54) is 0 Å². The van der Waals surface area contributed by atoms with E-state index in [4.69, 9.17) is 0 Å². The zero-order valence-electron chi connectivity index (χ0n) is 15.6. The Morgan fingerprint density at radius 2 is 2.04 bits per heavy atom. The minimum absolute atomic E-state index is 0.0704. The number of rotatable bonds is 5. The van der Waals surface area contributed by atoms with Gasteiger partial charge < -0.3 is 14.9 Å². The summed E-state index contributed by atoms with van der Waals surface area (Å²) < 4.78 is 1.98. The highest BCUT2D eigenvalue weighted by molar-refractivity contribution is 5.94. The van der Waals surface area contributed by atoms with Crippen LogP contribution in [0.3, 0.4) is 0 Å². The van der Waals surface area contributed by atoms with Crippen LogP contribution in [0.5, 0.6) is 0 Å². The molecule has 2 aromatic rings. The number of aromatic nitrogens is 3. The topological polar surface area (TPSA) is 74.5 Å². The third kappa shape index (κ3) is 4.30. The van der Waals surface area contributed by atoms with E-state index in [1.807, 2.05) is 40.2 Å². The van der Waals surface area contributed by atoms with Gasteiger partial charge in [-0.2, -0.15) is 5.10 Å². The molecule has 1 amide bonds. The van der Waals surface area contributed by atoms with Gasteiger partial charge in [-0.3, -0.25) is 9.48 Å². The fourth-order valence-corrected chi connectivity index (χ4v) is 4.00. The fraction of sp³-hybridized carbons (Fsp3) is 0.550. The Balaban J connectivity index is 1.27. The number of hydrogen-bond acceptors (Lipinski definition) is 5. The quantitative estimate of drug-likeness (QED) is 0.870. The molecule has 1 atom stereocenters. The van der Waals surface area contributed by atoms with Crippen molar-refractivity contribution in [3.63, 3.8) is 0 Å². The van der Waals surface area contributed by atoms with Crippen molar-refractivity contribution in [1.29, 1.82) is 0 Å². The molecule has 27 heavy (non-hydrogen) atoms. The van der Waals surface area contributed by atoms with Crippen molar-refractivity contribution < 1.29 is 9.90 Å². The van der Waals surface area contributed by atoms with E-state index in [1.54, 1.807) is 6.20 Å². The van der Waals surface area contributed by atoms with E-state index < -0.39 is 0 Å². The van der Waals surface area contributed by atoms with Gasteiger partial charge in [0, 0.05) is 51.3 Å². The van der Waals surface area contributed by atoms with Crippen molar-refractivity contribution in [2.75, 3.05) is 31.1 Å². The summed E-state index contributed by atoms with van der Waals surface area (Å²) in [5.41, 5.74) is 0.647. The van der Waals surface area contributed by atoms with E-state index in [2.05, 4.69) is 15.0 Å². The summed E-state index contributed by atoms with van der Waals surface area (Å²) in [5, 5.41) is 13.9. The number of pyridine rings is 1. The fourth-order valence-electron chi connectivity index (χ4n) is 4.00. The number of carbonyl (C=O) groups excluding carboxylic acids is 1. The molecule has 0 aliphatic carbocycles. The van der Waals surface area contributed by atoms with Crippen molar-refractivity contribution in [2.45, 2.75) is 38.3 Å². The molecule has 2 saturated heterocycles. The summed E-state index contributed by atoms with van der Waals surface area (Å²) in [6.07, 6.45) is 9.19. The van der Waals surface area contributed by atoms with Crippen LogP contribution >= 0.6 is 0 Å². The largest absolute Gasteiger partial charge is 0.391 e. The van der Waals surface area contributed by atoms with Gasteiger partial charge in [-0.15, -0.1) is 0 Å². The van der Waals surface area contributed by atoms with E-state index >= 15 is 0 Å². The zero-order chi connectivity index (χ0) is 18.6. The monoisotopic (exact) mass is 369 g/mol. The summed E-state index contributed by atoms with van der Waals surface area (Å²) in [7, 11) is 0. The summed E-state index contributed by atoms with van der Waals surface area (Å²) in [6.45, 7) is 3.99. The molecule has 4 rings (SSSR count). The van der Waals surface area contributed by atoms with Crippen LogP contribution in [0.2, 0.25) is 0 Å². The first-order valence-corrected chi connectivity index (χ1v) is 9.85. The second-order valence-electron chi connectivity index (χ2n) is 7.59. The molecule has 0 bridgehead atoms. The van der Waals surface area contributed by atoms with E-state index in [0.717, 1.165) is 57.7 Å². The maximum absolute atomic E-state index is 12.8. The number of hydrogen-bond donors (Lipinski definition) is 1. The lowest BCUT2D eigenvalue weighted by molar-refractivity contribution is 0.0684. The normalized spacial score (nSPS) is 21.0. The van der Waals surface area contributed by atoms with Crippen molar-refractivity contribution in [3.05, 3.63) is 42.4 Å². The summed E-state index contributed by atoms with van der Waals surface area (Å²) >= 11 is 0. The number of aryl methyl sites for hydroxylation is 1. The molecule has 0 radical (unpaired) electrons. The summed E-state index contributed by atoms with van der Waals surface area (Å²) in [4.78, 5) is 21.2. The van der Waals surface area contributed by atoms with Crippen LogP contribution in [-0.4, -0.2) is 63.0 Å². The number of piperidine rings is 1. The third-order valence-corrected chi connectivity index (χ3v) is 5.71. The second kappa shape index (κ2) is 8.08. The molecule has 1 N–H and O–H groups in total. The summed E-state index contributed by atoms with van der Waals surface area (Å²) in [6, 6.07) is 5.70. The number of amides is 1. The number of carbonyl (C=O) groups is 1. The molecule has 144 valence electrons. The lowest BCUT2D eigenvalue weighted by Crippen LogP contribution is -2.38. The van der Waals surface area contributed by atoms with E-state index in [9.17, 15) is 9.90 Å². The second-order valence-corrected chi connectivity index (χ2v) is 7.59. The van der Waals surface area contributed by atoms with Gasteiger partial charge in [-0.05, 0) is 49.8 Å². The van der Waals surface area contributed by atoms with Crippen molar-refractivity contribution in [1.82, 2.24) is 19.7 Å². The average molecular weight is 369 g/mol. The van der Waals surface area contributed by atoms with Gasteiger partial charge in [0.2, 0.25) is 0 Å². The first-order chi connectivity index (χ1) is 13.2. The predicted molar refractivity (Wildman–Crippen MR) is 103 cm³/mol. The van der Waals surface area contributed by atoms with E-state index in [0.29, 0.717) is 18.0 Å². The van der Waals surface area contributed by atoms with Gasteiger partial charge in [-0.1, -0.05) is 0 Å². The van der Waals surface area contributed by atoms with Crippen LogP contribution in [0.4, 0.5) is 5.82 Å². The molecule has 0 spiro atoms. The molecule has 0 saturated carbocycles. The molecule has 2 aliphatic heterocycles. The predicted octanol–water partition coefficient (Wildman–Crippen LogP) is 1.79. The molecule has 7 nitrogen and oxygen atoms in total. The van der Waals surface area contributed by atoms with Gasteiger partial charge in [0.1, 0.15) is 5.82 Å². The maximum atomic E-state index is 12.8. The average Bonchev–Trinajstić information content (AvgIpc) is 3.38. The van der Waals surface area contributed by atoms with Gasteiger partial charge in [0.15, 0.2) is 0 Å². The Morgan fingerprint density at radius 3 is 2.67 bits per heavy atom. The van der Waals surface area contributed by atoms with Crippen molar-refractivity contribution >= 4 is 11.7 Å². The molecule has 4 heterocycles. The Bertz CT molecular complexity index is 738. The first kappa shape index (κ1) is 18.0. The maximum Gasteiger partial charge on any atom is 0.255 e. The molecular weight excluding hydrogens is 342 g/mol. The van der Waals surface area contributed by atoms with E-state index in [-0.39, 0.29) is 12.0 Å². The third-order valence-electron chi connectivity index (χ3n) is 5.71. The molecule has 7 heteroatoms. The molecule has 2 aliphatic rings. The molecule has 0 aromatic carbocycles. The highest BCUT2D eigenvalue weighted by atomic mass is 16.3. The number of aliphatic hydroxyl groups is 1. The van der Waals surface area contributed by atoms with Gasteiger partial charge in [0.05, 0.1) is 11.7 Å². The number of likely N-dealkylation sites (tertiary alicyclic amines) is 1. The highest BCUT2D eigenvalue weighted by Crippen LogP contribution is 2.23. The minimum atomic E-state index is -0.275.